The van der Waals surface area contributed by atoms with Crippen LogP contribution in [-0.2, 0) is 10.0 Å². The number of hydrogen-bond donors (Lipinski definition) is 2. The smallest absolute Gasteiger partial charge is 0.242 e. The lowest BCUT2D eigenvalue weighted by Crippen LogP contribution is -2.32. The molecule has 0 saturated heterocycles. The van der Waals surface area contributed by atoms with Crippen LogP contribution in [0.2, 0.25) is 5.02 Å². The Hall–Kier alpha value is 0.150. The van der Waals surface area contributed by atoms with Gasteiger partial charge in [-0.3, -0.25) is 0 Å². The van der Waals surface area contributed by atoms with Crippen molar-refractivity contribution in [2.75, 3.05) is 19.6 Å². The summed E-state index contributed by atoms with van der Waals surface area (Å²) in [6.45, 7) is 3.86. The first-order valence-corrected chi connectivity index (χ1v) is 8.28. The van der Waals surface area contributed by atoms with Gasteiger partial charge in [0.05, 0.1) is 5.02 Å². The van der Waals surface area contributed by atoms with E-state index in [0.717, 1.165) is 13.0 Å². The van der Waals surface area contributed by atoms with Crippen molar-refractivity contribution < 1.29 is 8.42 Å². The molecule has 19 heavy (non-hydrogen) atoms. The topological polar surface area (TPSA) is 58.2 Å². The van der Waals surface area contributed by atoms with Gasteiger partial charge in [0.15, 0.2) is 0 Å². The average Bonchev–Trinajstić information content (AvgIpc) is 2.32. The van der Waals surface area contributed by atoms with Gasteiger partial charge in [-0.25, -0.2) is 13.1 Å². The first kappa shape index (κ1) is 19.1. The minimum atomic E-state index is -3.55. The number of halogens is 3. The van der Waals surface area contributed by atoms with E-state index in [9.17, 15) is 8.42 Å². The minimum absolute atomic E-state index is 0. The summed E-state index contributed by atoms with van der Waals surface area (Å²) in [6.07, 6.45) is 1.02. The first-order chi connectivity index (χ1) is 8.47. The quantitative estimate of drug-likeness (QED) is 0.702. The summed E-state index contributed by atoms with van der Waals surface area (Å²) in [4.78, 5) is 0.0917. The summed E-state index contributed by atoms with van der Waals surface area (Å²) in [5.41, 5.74) is 0. The van der Waals surface area contributed by atoms with Gasteiger partial charge >= 0.3 is 0 Å². The van der Waals surface area contributed by atoms with E-state index in [-0.39, 0.29) is 22.3 Å². The van der Waals surface area contributed by atoms with E-state index in [1.54, 1.807) is 12.1 Å². The molecule has 0 fully saturated rings. The van der Waals surface area contributed by atoms with Crippen LogP contribution in [0.3, 0.4) is 0 Å². The fourth-order valence-corrected chi connectivity index (χ4v) is 3.40. The van der Waals surface area contributed by atoms with Crippen molar-refractivity contribution in [3.05, 3.63) is 27.7 Å². The highest BCUT2D eigenvalue weighted by Crippen LogP contribution is 2.24. The van der Waals surface area contributed by atoms with Crippen LogP contribution in [0, 0.1) is 0 Å². The van der Waals surface area contributed by atoms with Gasteiger partial charge in [-0.1, -0.05) is 34.5 Å². The van der Waals surface area contributed by atoms with Gasteiger partial charge in [-0.2, -0.15) is 0 Å². The molecule has 0 aliphatic carbocycles. The third-order valence-corrected chi connectivity index (χ3v) is 4.64. The standard InChI is InChI=1S/C11H16BrClN2O2S.ClH/c1-2-5-14-6-7-15-18(16,17)11-8-9(12)3-4-10(11)13;/h3-4,8,14-15H,2,5-7H2,1H3;1H. The highest BCUT2D eigenvalue weighted by Gasteiger charge is 2.17. The highest BCUT2D eigenvalue weighted by atomic mass is 79.9. The van der Waals surface area contributed by atoms with Gasteiger partial charge < -0.3 is 5.32 Å². The van der Waals surface area contributed by atoms with Crippen molar-refractivity contribution in [1.29, 1.82) is 0 Å². The molecule has 0 aromatic heterocycles. The van der Waals surface area contributed by atoms with Crippen LogP contribution in [0.1, 0.15) is 13.3 Å². The minimum Gasteiger partial charge on any atom is -0.315 e. The normalized spacial score (nSPS) is 11.1. The van der Waals surface area contributed by atoms with E-state index in [0.29, 0.717) is 17.6 Å². The second-order valence-corrected chi connectivity index (χ2v) is 6.78. The fourth-order valence-electron chi connectivity index (χ4n) is 1.34. The summed E-state index contributed by atoms with van der Waals surface area (Å²) in [6, 6.07) is 4.74. The molecular formula is C11H17BrCl2N2O2S. The maximum absolute atomic E-state index is 12.0. The van der Waals surface area contributed by atoms with Gasteiger partial charge in [0, 0.05) is 17.6 Å². The number of nitrogens with one attached hydrogen (secondary N) is 2. The monoisotopic (exact) mass is 390 g/mol. The molecule has 0 radical (unpaired) electrons. The molecule has 0 aliphatic rings. The van der Waals surface area contributed by atoms with Crippen molar-refractivity contribution in [2.45, 2.75) is 18.2 Å². The zero-order valence-corrected chi connectivity index (χ0v) is 14.4. The van der Waals surface area contributed by atoms with E-state index in [2.05, 4.69) is 32.9 Å². The summed E-state index contributed by atoms with van der Waals surface area (Å²) >= 11 is 9.12. The zero-order valence-electron chi connectivity index (χ0n) is 10.4. The van der Waals surface area contributed by atoms with Crippen molar-refractivity contribution in [3.63, 3.8) is 0 Å². The van der Waals surface area contributed by atoms with Crippen LogP contribution in [0.15, 0.2) is 27.6 Å². The van der Waals surface area contributed by atoms with E-state index in [1.165, 1.54) is 6.07 Å². The van der Waals surface area contributed by atoms with Crippen molar-refractivity contribution in [3.8, 4) is 0 Å². The van der Waals surface area contributed by atoms with Crippen LogP contribution in [0.5, 0.6) is 0 Å². The molecule has 0 spiro atoms. The largest absolute Gasteiger partial charge is 0.315 e. The Balaban J connectivity index is 0.00000324. The molecule has 0 saturated carbocycles. The van der Waals surface area contributed by atoms with E-state index >= 15 is 0 Å². The Morgan fingerprint density at radius 1 is 1.26 bits per heavy atom. The van der Waals surface area contributed by atoms with Crippen LogP contribution in [0.25, 0.3) is 0 Å². The number of rotatable bonds is 7. The maximum Gasteiger partial charge on any atom is 0.242 e. The molecule has 0 unspecified atom stereocenters. The fraction of sp³-hybridized carbons (Fsp3) is 0.455. The second-order valence-electron chi connectivity index (χ2n) is 3.72. The third-order valence-electron chi connectivity index (χ3n) is 2.20. The van der Waals surface area contributed by atoms with Gasteiger partial charge in [-0.05, 0) is 31.2 Å². The molecule has 8 heteroatoms. The highest BCUT2D eigenvalue weighted by molar-refractivity contribution is 9.10. The van der Waals surface area contributed by atoms with Crippen molar-refractivity contribution in [2.24, 2.45) is 0 Å². The van der Waals surface area contributed by atoms with Crippen LogP contribution in [-0.4, -0.2) is 28.1 Å². The van der Waals surface area contributed by atoms with Crippen LogP contribution >= 0.6 is 39.9 Å². The van der Waals surface area contributed by atoms with Crippen LogP contribution in [0.4, 0.5) is 0 Å². The van der Waals surface area contributed by atoms with Gasteiger partial charge in [0.25, 0.3) is 0 Å². The predicted molar refractivity (Wildman–Crippen MR) is 84.7 cm³/mol. The number of hydrogen-bond acceptors (Lipinski definition) is 3. The Morgan fingerprint density at radius 2 is 1.95 bits per heavy atom. The lowest BCUT2D eigenvalue weighted by Gasteiger charge is -2.09. The molecule has 2 N–H and O–H groups in total. The van der Waals surface area contributed by atoms with Gasteiger partial charge in [0.2, 0.25) is 10.0 Å². The van der Waals surface area contributed by atoms with E-state index < -0.39 is 10.0 Å². The predicted octanol–water partition coefficient (Wildman–Crippen LogP) is 2.80. The summed E-state index contributed by atoms with van der Waals surface area (Å²) in [7, 11) is -3.55. The average molecular weight is 392 g/mol. The maximum atomic E-state index is 12.0. The molecule has 1 aromatic carbocycles. The molecule has 0 atom stereocenters. The Labute approximate surface area is 133 Å². The Kier molecular flexibility index (Phi) is 9.23. The lowest BCUT2D eigenvalue weighted by molar-refractivity contribution is 0.575. The number of sulfonamides is 1. The SMILES string of the molecule is CCCNCCNS(=O)(=O)c1cc(Br)ccc1Cl.Cl. The first-order valence-electron chi connectivity index (χ1n) is 5.63. The van der Waals surface area contributed by atoms with Crippen molar-refractivity contribution in [1.82, 2.24) is 10.0 Å². The van der Waals surface area contributed by atoms with Crippen LogP contribution < -0.4 is 10.0 Å². The van der Waals surface area contributed by atoms with Crippen molar-refractivity contribution >= 4 is 50.0 Å². The summed E-state index contributed by atoms with van der Waals surface area (Å²) < 4.78 is 27.2. The lowest BCUT2D eigenvalue weighted by atomic mass is 10.4. The molecule has 0 bridgehead atoms. The molecular weight excluding hydrogens is 375 g/mol. The summed E-state index contributed by atoms with van der Waals surface area (Å²) in [5, 5.41) is 3.33. The Bertz CT molecular complexity index is 497. The molecule has 0 heterocycles. The van der Waals surface area contributed by atoms with E-state index in [1.807, 2.05) is 0 Å². The zero-order chi connectivity index (χ0) is 13.6. The van der Waals surface area contributed by atoms with Gasteiger partial charge in [-0.15, -0.1) is 12.4 Å². The molecule has 0 aliphatic heterocycles. The van der Waals surface area contributed by atoms with E-state index in [4.69, 9.17) is 11.6 Å². The molecule has 110 valence electrons. The number of benzene rings is 1. The molecule has 4 nitrogen and oxygen atoms in total. The Morgan fingerprint density at radius 3 is 2.58 bits per heavy atom. The molecule has 0 amide bonds. The molecule has 1 aromatic rings. The third kappa shape index (κ3) is 6.42. The molecule has 1 rings (SSSR count). The summed E-state index contributed by atoms with van der Waals surface area (Å²) in [5.74, 6) is 0. The van der Waals surface area contributed by atoms with Gasteiger partial charge in [0.1, 0.15) is 4.90 Å². The second kappa shape index (κ2) is 9.15.